The van der Waals surface area contributed by atoms with Gasteiger partial charge in [0.25, 0.3) is 0 Å². The van der Waals surface area contributed by atoms with Crippen molar-refractivity contribution in [2.45, 2.75) is 62.2 Å². The van der Waals surface area contributed by atoms with E-state index in [9.17, 15) is 0 Å². The summed E-state index contributed by atoms with van der Waals surface area (Å²) in [6.07, 6.45) is 9.85. The van der Waals surface area contributed by atoms with Crippen LogP contribution in [0.5, 0.6) is 0 Å². The summed E-state index contributed by atoms with van der Waals surface area (Å²) in [5.41, 5.74) is 26.1. The van der Waals surface area contributed by atoms with E-state index in [1.807, 2.05) is 0 Å². The molecule has 0 aliphatic heterocycles. The Hall–Kier alpha value is -8.59. The van der Waals surface area contributed by atoms with Crippen molar-refractivity contribution in [2.24, 2.45) is 0 Å². The van der Waals surface area contributed by atoms with Gasteiger partial charge in [0.1, 0.15) is 5.82 Å². The number of aromatic nitrogens is 2. The largest absolute Gasteiger partial charge is 0.292 e. The first-order valence-corrected chi connectivity index (χ1v) is 27.4. The van der Waals surface area contributed by atoms with Gasteiger partial charge >= 0.3 is 0 Å². The van der Waals surface area contributed by atoms with E-state index in [0.29, 0.717) is 0 Å². The summed E-state index contributed by atoms with van der Waals surface area (Å²) < 4.78 is 2.31. The van der Waals surface area contributed by atoms with E-state index in [-0.39, 0.29) is 10.8 Å². The molecule has 4 aliphatic rings. The summed E-state index contributed by atoms with van der Waals surface area (Å²) in [5, 5.41) is 5.14. The highest BCUT2D eigenvalue weighted by atomic mass is 15.1. The molecule has 0 amide bonds. The molecule has 1 heterocycles. The Morgan fingerprint density at radius 3 is 1.28 bits per heavy atom. The Balaban J connectivity index is 0.974. The first-order valence-electron chi connectivity index (χ1n) is 27.4. The van der Waals surface area contributed by atoms with Crippen LogP contribution in [0.2, 0.25) is 0 Å². The van der Waals surface area contributed by atoms with Gasteiger partial charge in [-0.2, -0.15) is 0 Å². The molecular formula is C73H54N2. The number of imidazole rings is 1. The smallest absolute Gasteiger partial charge is 0.145 e. The van der Waals surface area contributed by atoms with Gasteiger partial charge < -0.3 is 0 Å². The molecule has 356 valence electrons. The maximum atomic E-state index is 5.42. The van der Waals surface area contributed by atoms with E-state index >= 15 is 0 Å². The monoisotopic (exact) mass is 958 g/mol. The third kappa shape index (κ3) is 6.29. The maximum Gasteiger partial charge on any atom is 0.145 e. The van der Waals surface area contributed by atoms with Crippen LogP contribution in [0.3, 0.4) is 0 Å². The zero-order chi connectivity index (χ0) is 49.2. The lowest BCUT2D eigenvalue weighted by atomic mass is 9.75. The van der Waals surface area contributed by atoms with Gasteiger partial charge in [-0.15, -0.1) is 0 Å². The van der Waals surface area contributed by atoms with Gasteiger partial charge in [-0.1, -0.05) is 208 Å². The van der Waals surface area contributed by atoms with E-state index in [0.717, 1.165) is 33.7 Å². The molecule has 0 N–H and O–H groups in total. The van der Waals surface area contributed by atoms with Crippen molar-refractivity contribution in [1.29, 1.82) is 0 Å². The topological polar surface area (TPSA) is 17.8 Å². The van der Waals surface area contributed by atoms with Crippen molar-refractivity contribution in [2.75, 3.05) is 0 Å². The quantitative estimate of drug-likeness (QED) is 0.152. The molecule has 0 radical (unpaired) electrons. The van der Waals surface area contributed by atoms with Gasteiger partial charge in [0.15, 0.2) is 0 Å². The van der Waals surface area contributed by atoms with Crippen molar-refractivity contribution in [1.82, 2.24) is 9.55 Å². The standard InChI is InChI=1S/C73H54N2/c1-4-18-47(19-5-1)49-28-35-59-61(42-49)69(52-30-33-57-55-24-10-12-26-63(55)72(65(57)44-52)38-14-15-39-72)60-36-29-50(51-32-37-68-67(46-51)74-71(48-20-6-2-7-21-48)75(68)54-22-8-3-9-23-54)43-62(60)70(59)53-31-34-58-56-25-11-13-27-64(56)73(66(58)45-53)40-16-17-41-73/h1-13,18-37,42-46H,14-17,38-41H2. The summed E-state index contributed by atoms with van der Waals surface area (Å²) in [5.74, 6) is 0.941. The molecule has 0 unspecified atom stereocenters. The van der Waals surface area contributed by atoms with Gasteiger partial charge in [-0.25, -0.2) is 4.98 Å². The Kier molecular flexibility index (Phi) is 9.41. The van der Waals surface area contributed by atoms with Crippen LogP contribution in [0.15, 0.2) is 231 Å². The molecule has 2 heteroatoms. The highest BCUT2D eigenvalue weighted by Gasteiger charge is 2.46. The molecule has 2 saturated carbocycles. The second kappa shape index (κ2) is 16.5. The third-order valence-electron chi connectivity index (χ3n) is 18.3. The Morgan fingerprint density at radius 1 is 0.307 bits per heavy atom. The first kappa shape index (κ1) is 42.9. The van der Waals surface area contributed by atoms with E-state index in [2.05, 4.69) is 235 Å². The molecule has 75 heavy (non-hydrogen) atoms. The lowest BCUT2D eigenvalue weighted by Crippen LogP contribution is -2.20. The highest BCUT2D eigenvalue weighted by Crippen LogP contribution is 2.60. The Bertz CT molecular complexity index is 4280. The van der Waals surface area contributed by atoms with Crippen LogP contribution < -0.4 is 0 Å². The average molecular weight is 959 g/mol. The number of benzene rings is 11. The average Bonchev–Trinajstić information content (AvgIpc) is 4.34. The third-order valence-corrected chi connectivity index (χ3v) is 18.3. The van der Waals surface area contributed by atoms with Crippen molar-refractivity contribution in [3.63, 3.8) is 0 Å². The van der Waals surface area contributed by atoms with Crippen LogP contribution in [0, 0.1) is 0 Å². The fraction of sp³-hybridized carbons (Fsp3) is 0.137. The van der Waals surface area contributed by atoms with Crippen molar-refractivity contribution < 1.29 is 0 Å². The summed E-state index contributed by atoms with van der Waals surface area (Å²) in [6.45, 7) is 0. The first-order chi connectivity index (χ1) is 37.1. The zero-order valence-electron chi connectivity index (χ0n) is 42.0. The van der Waals surface area contributed by atoms with Crippen molar-refractivity contribution in [3.8, 4) is 83.8 Å². The normalized spacial score (nSPS) is 15.5. The van der Waals surface area contributed by atoms with E-state index < -0.39 is 0 Å². The Labute approximate surface area is 438 Å². The minimum atomic E-state index is 0.0501. The number of para-hydroxylation sites is 1. The van der Waals surface area contributed by atoms with E-state index in [1.165, 1.54) is 156 Å². The maximum absolute atomic E-state index is 5.42. The van der Waals surface area contributed by atoms with Gasteiger partial charge in [0.2, 0.25) is 0 Å². The molecular weight excluding hydrogens is 905 g/mol. The van der Waals surface area contributed by atoms with Crippen LogP contribution in [0.25, 0.3) is 116 Å². The summed E-state index contributed by atoms with van der Waals surface area (Å²) in [4.78, 5) is 5.42. The molecule has 0 atom stereocenters. The van der Waals surface area contributed by atoms with Gasteiger partial charge in [-0.05, 0) is 185 Å². The minimum absolute atomic E-state index is 0.0501. The van der Waals surface area contributed by atoms with Crippen LogP contribution in [0.4, 0.5) is 0 Å². The minimum Gasteiger partial charge on any atom is -0.292 e. The molecule has 1 aromatic heterocycles. The zero-order valence-corrected chi connectivity index (χ0v) is 42.0. The number of hydrogen-bond acceptors (Lipinski definition) is 1. The van der Waals surface area contributed by atoms with Crippen molar-refractivity contribution in [3.05, 3.63) is 253 Å². The summed E-state index contributed by atoms with van der Waals surface area (Å²) in [7, 11) is 0. The molecule has 16 rings (SSSR count). The van der Waals surface area contributed by atoms with Gasteiger partial charge in [0, 0.05) is 22.1 Å². The van der Waals surface area contributed by atoms with Gasteiger partial charge in [0.05, 0.1) is 11.0 Å². The second-order valence-corrected chi connectivity index (χ2v) is 22.0. The molecule has 4 aliphatic carbocycles. The van der Waals surface area contributed by atoms with E-state index in [1.54, 1.807) is 0 Å². The molecule has 2 nitrogen and oxygen atoms in total. The van der Waals surface area contributed by atoms with Crippen molar-refractivity contribution >= 4 is 32.6 Å². The van der Waals surface area contributed by atoms with E-state index in [4.69, 9.17) is 4.98 Å². The molecule has 12 aromatic rings. The molecule has 0 saturated heterocycles. The molecule has 2 fully saturated rings. The fourth-order valence-corrected chi connectivity index (χ4v) is 15.0. The Morgan fingerprint density at radius 2 is 0.733 bits per heavy atom. The predicted molar refractivity (Wildman–Crippen MR) is 313 cm³/mol. The fourth-order valence-electron chi connectivity index (χ4n) is 15.0. The number of rotatable bonds is 6. The predicted octanol–water partition coefficient (Wildman–Crippen LogP) is 19.3. The van der Waals surface area contributed by atoms with Crippen LogP contribution in [0.1, 0.15) is 73.6 Å². The van der Waals surface area contributed by atoms with Crippen LogP contribution >= 0.6 is 0 Å². The van der Waals surface area contributed by atoms with Crippen LogP contribution in [-0.4, -0.2) is 9.55 Å². The van der Waals surface area contributed by atoms with Crippen LogP contribution in [-0.2, 0) is 10.8 Å². The SMILES string of the molecule is c1ccc(-c2ccc3c(-c4ccc5c(c4)C4(CCCC4)c4ccccc4-5)c4cc(-c5ccc6c(c5)nc(-c5ccccc5)n6-c5ccccc5)ccc4c(-c4ccc5c(c4)C4(CCCC4)c4ccccc4-5)c3c2)cc1. The number of nitrogens with zero attached hydrogens (tertiary/aromatic N) is 2. The molecule has 0 bridgehead atoms. The summed E-state index contributed by atoms with van der Waals surface area (Å²) in [6, 6.07) is 87.4. The summed E-state index contributed by atoms with van der Waals surface area (Å²) >= 11 is 0. The van der Waals surface area contributed by atoms with Gasteiger partial charge in [-0.3, -0.25) is 4.57 Å². The lowest BCUT2D eigenvalue weighted by molar-refractivity contribution is 0.550. The number of fused-ring (bicyclic) bond motifs is 13. The molecule has 11 aromatic carbocycles. The lowest BCUT2D eigenvalue weighted by Gasteiger charge is -2.28. The molecule has 2 spiro atoms. The number of hydrogen-bond donors (Lipinski definition) is 0. The second-order valence-electron chi connectivity index (χ2n) is 22.0. The highest BCUT2D eigenvalue weighted by molar-refractivity contribution is 6.23.